The summed E-state index contributed by atoms with van der Waals surface area (Å²) in [6, 6.07) is 12.4. The maximum Gasteiger partial charge on any atom is 0.192 e. The first-order valence-electron chi connectivity index (χ1n) is 8.78. The topological polar surface area (TPSA) is 149 Å². The Morgan fingerprint density at radius 3 is 1.29 bits per heavy atom. The molecule has 10 heteroatoms. The number of hydrogen-bond acceptors (Lipinski definition) is 9. The minimum Gasteiger partial charge on any atom is -0.508 e. The molecule has 4 aromatic rings. The smallest absolute Gasteiger partial charge is 0.192 e. The molecule has 0 atom stereocenters. The fourth-order valence-corrected chi connectivity index (χ4v) is 3.18. The predicted octanol–water partition coefficient (Wildman–Crippen LogP) is 4.13. The van der Waals surface area contributed by atoms with Crippen LogP contribution >= 0.6 is 23.0 Å². The Balaban J connectivity index is 1.96. The summed E-state index contributed by atoms with van der Waals surface area (Å²) in [6.07, 6.45) is 0. The van der Waals surface area contributed by atoms with Crippen molar-refractivity contribution < 1.29 is 28.6 Å². The van der Waals surface area contributed by atoms with Crippen molar-refractivity contribution in [2.45, 2.75) is 0 Å². The lowest BCUT2D eigenvalue weighted by Gasteiger charge is -2.11. The number of benzene rings is 3. The highest BCUT2D eigenvalue weighted by Gasteiger charge is 2.18. The molecule has 156 valence electrons. The van der Waals surface area contributed by atoms with Gasteiger partial charge in [0.15, 0.2) is 40.5 Å². The maximum absolute atomic E-state index is 10.4. The van der Waals surface area contributed by atoms with Crippen LogP contribution in [0.5, 0.6) is 34.5 Å². The second kappa shape index (κ2) is 8.14. The van der Waals surface area contributed by atoms with E-state index in [1.807, 2.05) is 0 Å². The van der Waals surface area contributed by atoms with Crippen LogP contribution in [0.25, 0.3) is 34.2 Å². The van der Waals surface area contributed by atoms with Crippen LogP contribution in [0.2, 0.25) is 0 Å². The first kappa shape index (κ1) is 20.5. The van der Waals surface area contributed by atoms with E-state index in [2.05, 4.69) is 15.0 Å². The molecule has 3 aromatic carbocycles. The van der Waals surface area contributed by atoms with Crippen LogP contribution in [0.1, 0.15) is 0 Å². The quantitative estimate of drug-likeness (QED) is 0.245. The van der Waals surface area contributed by atoms with Gasteiger partial charge >= 0.3 is 0 Å². The molecule has 0 aliphatic rings. The standard InChI is InChI=1S/C21H14IN3O6/c22-31-12-3-6-15(18(30)9-12)21-24-19(13-4-1-10(26)7-16(13)28)23-20(25-21)14-5-2-11(27)8-17(14)29/h1-9,26-30H. The van der Waals surface area contributed by atoms with Crippen LogP contribution in [0, 0.1) is 0 Å². The molecule has 0 unspecified atom stereocenters. The summed E-state index contributed by atoms with van der Waals surface area (Å²) in [5.41, 5.74) is 0.666. The van der Waals surface area contributed by atoms with Gasteiger partial charge in [0.25, 0.3) is 0 Å². The molecule has 31 heavy (non-hydrogen) atoms. The molecule has 4 rings (SSSR count). The van der Waals surface area contributed by atoms with E-state index in [4.69, 9.17) is 3.07 Å². The van der Waals surface area contributed by atoms with Gasteiger partial charge < -0.3 is 28.6 Å². The average molecular weight is 531 g/mol. The van der Waals surface area contributed by atoms with Crippen molar-refractivity contribution in [3.8, 4) is 68.7 Å². The number of nitrogens with zero attached hydrogens (tertiary/aromatic N) is 3. The lowest BCUT2D eigenvalue weighted by atomic mass is 10.1. The van der Waals surface area contributed by atoms with E-state index >= 15 is 0 Å². The number of rotatable bonds is 4. The van der Waals surface area contributed by atoms with Crippen LogP contribution in [-0.4, -0.2) is 40.5 Å². The number of halogens is 1. The van der Waals surface area contributed by atoms with E-state index < -0.39 is 0 Å². The molecule has 9 nitrogen and oxygen atoms in total. The fourth-order valence-electron chi connectivity index (χ4n) is 2.90. The SMILES string of the molecule is Oc1ccc(-c2nc(-c3ccc(O)cc3O)nc(-c3ccc(OI)cc3O)n2)c(O)c1. The summed E-state index contributed by atoms with van der Waals surface area (Å²) in [5, 5.41) is 50.1. The number of aromatic nitrogens is 3. The molecule has 0 bridgehead atoms. The predicted molar refractivity (Wildman–Crippen MR) is 119 cm³/mol. The van der Waals surface area contributed by atoms with Crippen LogP contribution < -0.4 is 3.07 Å². The van der Waals surface area contributed by atoms with Crippen molar-refractivity contribution in [2.24, 2.45) is 0 Å². The van der Waals surface area contributed by atoms with Crippen molar-refractivity contribution in [3.05, 3.63) is 54.6 Å². The van der Waals surface area contributed by atoms with E-state index in [-0.39, 0.29) is 62.9 Å². The van der Waals surface area contributed by atoms with Gasteiger partial charge in [0.1, 0.15) is 34.5 Å². The highest BCUT2D eigenvalue weighted by molar-refractivity contribution is 14.1. The van der Waals surface area contributed by atoms with Crippen LogP contribution in [0.3, 0.4) is 0 Å². The van der Waals surface area contributed by atoms with Crippen molar-refractivity contribution in [2.75, 3.05) is 0 Å². The summed E-state index contributed by atoms with van der Waals surface area (Å²) in [4.78, 5) is 13.0. The minimum absolute atomic E-state index is 0.0404. The van der Waals surface area contributed by atoms with Crippen molar-refractivity contribution >= 4 is 23.0 Å². The van der Waals surface area contributed by atoms with E-state index in [1.165, 1.54) is 30.3 Å². The van der Waals surface area contributed by atoms with Gasteiger partial charge in [-0.3, -0.25) is 0 Å². The maximum atomic E-state index is 10.4. The van der Waals surface area contributed by atoms with Gasteiger partial charge in [-0.15, -0.1) is 0 Å². The molecular formula is C21H14IN3O6. The second-order valence-electron chi connectivity index (χ2n) is 6.47. The monoisotopic (exact) mass is 531 g/mol. The molecule has 0 amide bonds. The third-order valence-corrected chi connectivity index (χ3v) is 4.89. The first-order chi connectivity index (χ1) is 14.9. The summed E-state index contributed by atoms with van der Waals surface area (Å²) in [5.74, 6) is -0.398. The number of phenolic OH excluding ortho intramolecular Hbond substituents is 5. The largest absolute Gasteiger partial charge is 0.508 e. The van der Waals surface area contributed by atoms with Crippen molar-refractivity contribution in [1.29, 1.82) is 0 Å². The zero-order valence-corrected chi connectivity index (χ0v) is 17.7. The van der Waals surface area contributed by atoms with Gasteiger partial charge in [-0.25, -0.2) is 15.0 Å². The molecule has 1 aromatic heterocycles. The molecule has 0 spiro atoms. The van der Waals surface area contributed by atoms with E-state index in [9.17, 15) is 25.5 Å². The van der Waals surface area contributed by atoms with Gasteiger partial charge in [0, 0.05) is 18.2 Å². The Morgan fingerprint density at radius 2 is 0.935 bits per heavy atom. The van der Waals surface area contributed by atoms with Gasteiger partial charge in [0.2, 0.25) is 0 Å². The zero-order chi connectivity index (χ0) is 22.1. The molecule has 0 aliphatic carbocycles. The third-order valence-electron chi connectivity index (χ3n) is 4.38. The summed E-state index contributed by atoms with van der Waals surface area (Å²) >= 11 is 1.69. The van der Waals surface area contributed by atoms with Gasteiger partial charge in [-0.05, 0) is 36.4 Å². The molecule has 0 fully saturated rings. The number of hydrogen-bond donors (Lipinski definition) is 5. The Labute approximate surface area is 189 Å². The Hall–Kier alpha value is -3.80. The zero-order valence-electron chi connectivity index (χ0n) is 15.6. The molecule has 0 radical (unpaired) electrons. The first-order valence-corrected chi connectivity index (χ1v) is 9.66. The fraction of sp³-hybridized carbons (Fsp3) is 0. The second-order valence-corrected chi connectivity index (χ2v) is 6.91. The molecule has 5 N–H and O–H groups in total. The van der Waals surface area contributed by atoms with E-state index in [0.717, 1.165) is 12.1 Å². The van der Waals surface area contributed by atoms with Gasteiger partial charge in [-0.2, -0.15) is 0 Å². The molecule has 0 saturated carbocycles. The Bertz CT molecular complexity index is 1230. The third kappa shape index (κ3) is 4.10. The number of aromatic hydroxyl groups is 5. The normalized spacial score (nSPS) is 10.7. The lowest BCUT2D eigenvalue weighted by Crippen LogP contribution is -2.00. The molecular weight excluding hydrogens is 517 g/mol. The summed E-state index contributed by atoms with van der Waals surface area (Å²) in [7, 11) is 0. The highest BCUT2D eigenvalue weighted by atomic mass is 127. The van der Waals surface area contributed by atoms with Crippen molar-refractivity contribution in [3.63, 3.8) is 0 Å². The van der Waals surface area contributed by atoms with Crippen molar-refractivity contribution in [1.82, 2.24) is 15.0 Å². The summed E-state index contributed by atoms with van der Waals surface area (Å²) in [6.45, 7) is 0. The molecule has 1 heterocycles. The highest BCUT2D eigenvalue weighted by Crippen LogP contribution is 2.37. The van der Waals surface area contributed by atoms with Crippen LogP contribution in [0.15, 0.2) is 54.6 Å². The Kier molecular flexibility index (Phi) is 5.38. The molecule has 0 saturated heterocycles. The van der Waals surface area contributed by atoms with Crippen LogP contribution in [-0.2, 0) is 0 Å². The van der Waals surface area contributed by atoms with Gasteiger partial charge in [-0.1, -0.05) is 0 Å². The lowest BCUT2D eigenvalue weighted by molar-refractivity contribution is 0.451. The Morgan fingerprint density at radius 1 is 0.548 bits per heavy atom. The average Bonchev–Trinajstić information content (AvgIpc) is 2.73. The molecule has 0 aliphatic heterocycles. The minimum atomic E-state index is -0.268. The van der Waals surface area contributed by atoms with Gasteiger partial charge in [0.05, 0.1) is 16.7 Å². The van der Waals surface area contributed by atoms with E-state index in [0.29, 0.717) is 5.75 Å². The van der Waals surface area contributed by atoms with Crippen LogP contribution in [0.4, 0.5) is 0 Å². The summed E-state index contributed by atoms with van der Waals surface area (Å²) < 4.78 is 5.07. The van der Waals surface area contributed by atoms with E-state index in [1.54, 1.807) is 35.1 Å². The number of phenols is 5.